The predicted octanol–water partition coefficient (Wildman–Crippen LogP) is 4.75. The lowest BCUT2D eigenvalue weighted by Crippen LogP contribution is -2.12. The summed E-state index contributed by atoms with van der Waals surface area (Å²) in [6.07, 6.45) is 7.90. The average molecular weight is 388 g/mol. The molecule has 142 valence electrons. The van der Waals surface area contributed by atoms with Crippen LogP contribution in [0.1, 0.15) is 38.1 Å². The van der Waals surface area contributed by atoms with E-state index >= 15 is 0 Å². The van der Waals surface area contributed by atoms with Crippen molar-refractivity contribution in [1.82, 2.24) is 19.5 Å². The van der Waals surface area contributed by atoms with Crippen molar-refractivity contribution in [1.29, 1.82) is 0 Å². The average Bonchev–Trinajstić information content (AvgIpc) is 3.12. The molecule has 2 heterocycles. The summed E-state index contributed by atoms with van der Waals surface area (Å²) in [5, 5.41) is 3.47. The molecule has 0 unspecified atom stereocenters. The quantitative estimate of drug-likeness (QED) is 0.637. The minimum atomic E-state index is 0.192. The molecule has 0 bridgehead atoms. The fourth-order valence-corrected chi connectivity index (χ4v) is 3.78. The van der Waals surface area contributed by atoms with Gasteiger partial charge in [-0.3, -0.25) is 0 Å². The van der Waals surface area contributed by atoms with Gasteiger partial charge in [-0.25, -0.2) is 4.98 Å². The van der Waals surface area contributed by atoms with Gasteiger partial charge in [0.25, 0.3) is 0 Å². The molecule has 4 rings (SSSR count). The van der Waals surface area contributed by atoms with Gasteiger partial charge in [-0.05, 0) is 24.4 Å². The SMILES string of the molecule is COc1cc(Nc2nc(Cl)nc3c2ncn3C2CCCCC2)cc(OC)c1. The highest BCUT2D eigenvalue weighted by atomic mass is 35.5. The fraction of sp³-hybridized carbons (Fsp3) is 0.421. The van der Waals surface area contributed by atoms with Crippen molar-refractivity contribution in [2.75, 3.05) is 19.5 Å². The number of aromatic nitrogens is 4. The van der Waals surface area contributed by atoms with Crippen LogP contribution in [0.3, 0.4) is 0 Å². The molecule has 1 aromatic carbocycles. The molecule has 7 nitrogen and oxygen atoms in total. The summed E-state index contributed by atoms with van der Waals surface area (Å²) in [5.74, 6) is 1.93. The van der Waals surface area contributed by atoms with Gasteiger partial charge in [0, 0.05) is 29.9 Å². The largest absolute Gasteiger partial charge is 0.497 e. The van der Waals surface area contributed by atoms with Crippen LogP contribution >= 0.6 is 11.6 Å². The Bertz CT molecular complexity index is 930. The predicted molar refractivity (Wildman–Crippen MR) is 105 cm³/mol. The first kappa shape index (κ1) is 17.9. The molecule has 0 radical (unpaired) electrons. The van der Waals surface area contributed by atoms with Crippen LogP contribution in [-0.2, 0) is 0 Å². The molecule has 27 heavy (non-hydrogen) atoms. The third-order valence-electron chi connectivity index (χ3n) is 4.98. The second-order valence-electron chi connectivity index (χ2n) is 6.68. The molecule has 0 saturated heterocycles. The van der Waals surface area contributed by atoms with E-state index in [9.17, 15) is 0 Å². The molecule has 1 aliphatic carbocycles. The summed E-state index contributed by atoms with van der Waals surface area (Å²) in [5.41, 5.74) is 2.24. The third-order valence-corrected chi connectivity index (χ3v) is 5.15. The Morgan fingerprint density at radius 2 is 1.74 bits per heavy atom. The van der Waals surface area contributed by atoms with E-state index in [0.717, 1.165) is 24.2 Å². The maximum absolute atomic E-state index is 6.22. The number of benzene rings is 1. The molecule has 0 spiro atoms. The molecule has 0 atom stereocenters. The molecule has 0 aliphatic heterocycles. The Morgan fingerprint density at radius 3 is 2.41 bits per heavy atom. The molecule has 1 fully saturated rings. The van der Waals surface area contributed by atoms with Gasteiger partial charge in [-0.15, -0.1) is 0 Å². The summed E-state index contributed by atoms with van der Waals surface area (Å²) in [6.45, 7) is 0. The van der Waals surface area contributed by atoms with E-state index in [1.165, 1.54) is 19.3 Å². The van der Waals surface area contributed by atoms with Gasteiger partial charge in [-0.1, -0.05) is 19.3 Å². The van der Waals surface area contributed by atoms with E-state index in [0.29, 0.717) is 28.9 Å². The van der Waals surface area contributed by atoms with Gasteiger partial charge in [0.1, 0.15) is 11.5 Å². The lowest BCUT2D eigenvalue weighted by Gasteiger charge is -2.23. The zero-order chi connectivity index (χ0) is 18.8. The second-order valence-corrected chi connectivity index (χ2v) is 7.02. The Morgan fingerprint density at radius 1 is 1.04 bits per heavy atom. The van der Waals surface area contributed by atoms with Crippen LogP contribution in [0.25, 0.3) is 11.2 Å². The van der Waals surface area contributed by atoms with Crippen LogP contribution in [0.2, 0.25) is 5.28 Å². The Labute approximate surface area is 162 Å². The van der Waals surface area contributed by atoms with Gasteiger partial charge in [-0.2, -0.15) is 9.97 Å². The highest BCUT2D eigenvalue weighted by Gasteiger charge is 2.20. The zero-order valence-corrected chi connectivity index (χ0v) is 16.2. The highest BCUT2D eigenvalue weighted by Crippen LogP contribution is 2.33. The van der Waals surface area contributed by atoms with Gasteiger partial charge in [0.2, 0.25) is 5.28 Å². The molecular formula is C19H22ClN5O2. The number of hydrogen-bond donors (Lipinski definition) is 1. The van der Waals surface area contributed by atoms with Crippen LogP contribution in [0, 0.1) is 0 Å². The van der Waals surface area contributed by atoms with E-state index in [1.54, 1.807) is 14.2 Å². The molecule has 3 aromatic rings. The van der Waals surface area contributed by atoms with Gasteiger partial charge >= 0.3 is 0 Å². The zero-order valence-electron chi connectivity index (χ0n) is 15.4. The standard InChI is InChI=1S/C19H22ClN5O2/c1-26-14-8-12(9-15(10-14)27-2)22-17-16-18(24-19(20)23-17)25(11-21-16)13-6-4-3-5-7-13/h8-11,13H,3-7H2,1-2H3,(H,22,23,24). The van der Waals surface area contributed by atoms with Crippen molar-refractivity contribution in [3.8, 4) is 11.5 Å². The van der Waals surface area contributed by atoms with Gasteiger partial charge < -0.3 is 19.4 Å². The lowest BCUT2D eigenvalue weighted by atomic mass is 9.95. The Kier molecular flexibility index (Phi) is 5.03. The minimum Gasteiger partial charge on any atom is -0.497 e. The number of halogens is 1. The number of nitrogens with zero attached hydrogens (tertiary/aromatic N) is 4. The number of imidazole rings is 1. The van der Waals surface area contributed by atoms with E-state index in [4.69, 9.17) is 21.1 Å². The fourth-order valence-electron chi connectivity index (χ4n) is 3.62. The van der Waals surface area contributed by atoms with Crippen molar-refractivity contribution in [2.45, 2.75) is 38.1 Å². The van der Waals surface area contributed by atoms with Crippen molar-refractivity contribution in [3.05, 3.63) is 29.8 Å². The number of anilines is 2. The molecule has 2 aromatic heterocycles. The van der Waals surface area contributed by atoms with Gasteiger partial charge in [0.15, 0.2) is 17.0 Å². The molecule has 1 aliphatic rings. The number of rotatable bonds is 5. The van der Waals surface area contributed by atoms with E-state index in [2.05, 4.69) is 24.8 Å². The number of fused-ring (bicyclic) bond motifs is 1. The summed E-state index contributed by atoms with van der Waals surface area (Å²) in [4.78, 5) is 13.4. The summed E-state index contributed by atoms with van der Waals surface area (Å²) in [7, 11) is 3.23. The number of methoxy groups -OCH3 is 2. The first-order valence-corrected chi connectivity index (χ1v) is 9.46. The topological polar surface area (TPSA) is 74.1 Å². The van der Waals surface area contributed by atoms with Crippen molar-refractivity contribution in [2.24, 2.45) is 0 Å². The van der Waals surface area contributed by atoms with Crippen molar-refractivity contribution >= 4 is 34.3 Å². The number of nitrogens with one attached hydrogen (secondary N) is 1. The lowest BCUT2D eigenvalue weighted by molar-refractivity contribution is 0.358. The maximum Gasteiger partial charge on any atom is 0.226 e. The van der Waals surface area contributed by atoms with Crippen LogP contribution in [-0.4, -0.2) is 33.7 Å². The van der Waals surface area contributed by atoms with Crippen LogP contribution in [0.4, 0.5) is 11.5 Å². The molecular weight excluding hydrogens is 366 g/mol. The Balaban J connectivity index is 1.73. The monoisotopic (exact) mass is 387 g/mol. The smallest absolute Gasteiger partial charge is 0.226 e. The summed E-state index contributed by atoms with van der Waals surface area (Å²) >= 11 is 6.22. The first-order chi connectivity index (χ1) is 13.2. The number of ether oxygens (including phenoxy) is 2. The van der Waals surface area contributed by atoms with Crippen LogP contribution in [0.5, 0.6) is 11.5 Å². The highest BCUT2D eigenvalue weighted by molar-refractivity contribution is 6.28. The Hall–Kier alpha value is -2.54. The third kappa shape index (κ3) is 3.64. The van der Waals surface area contributed by atoms with Crippen molar-refractivity contribution < 1.29 is 9.47 Å². The van der Waals surface area contributed by atoms with E-state index < -0.39 is 0 Å². The minimum absolute atomic E-state index is 0.192. The van der Waals surface area contributed by atoms with Crippen LogP contribution < -0.4 is 14.8 Å². The first-order valence-electron chi connectivity index (χ1n) is 9.08. The summed E-state index contributed by atoms with van der Waals surface area (Å²) in [6, 6.07) is 5.95. The summed E-state index contributed by atoms with van der Waals surface area (Å²) < 4.78 is 12.8. The second kappa shape index (κ2) is 7.60. The molecule has 1 N–H and O–H groups in total. The van der Waals surface area contributed by atoms with Crippen LogP contribution in [0.15, 0.2) is 24.5 Å². The number of hydrogen-bond acceptors (Lipinski definition) is 6. The van der Waals surface area contributed by atoms with E-state index in [-0.39, 0.29) is 5.28 Å². The maximum atomic E-state index is 6.22. The molecule has 0 amide bonds. The van der Waals surface area contributed by atoms with Gasteiger partial charge in [0.05, 0.1) is 20.5 Å². The molecule has 1 saturated carbocycles. The normalized spacial score (nSPS) is 15.1. The van der Waals surface area contributed by atoms with E-state index in [1.807, 2.05) is 24.5 Å². The van der Waals surface area contributed by atoms with Crippen molar-refractivity contribution in [3.63, 3.8) is 0 Å². The molecule has 8 heteroatoms.